The lowest BCUT2D eigenvalue weighted by Gasteiger charge is -2.14. The summed E-state index contributed by atoms with van der Waals surface area (Å²) in [5.74, 6) is -0.386. The Morgan fingerprint density at radius 3 is 2.36 bits per heavy atom. The van der Waals surface area contributed by atoms with Gasteiger partial charge in [0, 0.05) is 11.4 Å². The maximum absolute atomic E-state index is 12.2. The SMILES string of the molecule is Cc1cc(Cl)ccc1OCCCC(=O)OCCN1C(=O)c2ccccc2C1=O. The van der Waals surface area contributed by atoms with E-state index >= 15 is 0 Å². The number of rotatable bonds is 8. The predicted octanol–water partition coefficient (Wildman–Crippen LogP) is 3.65. The van der Waals surface area contributed by atoms with Gasteiger partial charge >= 0.3 is 5.97 Å². The number of hydrogen-bond donors (Lipinski definition) is 0. The molecule has 0 atom stereocenters. The van der Waals surface area contributed by atoms with Crippen molar-refractivity contribution in [2.75, 3.05) is 19.8 Å². The Balaban J connectivity index is 1.36. The first-order valence-corrected chi connectivity index (χ1v) is 9.35. The Hall–Kier alpha value is -2.86. The van der Waals surface area contributed by atoms with Crippen LogP contribution in [-0.4, -0.2) is 42.4 Å². The molecule has 0 spiro atoms. The fourth-order valence-corrected chi connectivity index (χ4v) is 3.17. The van der Waals surface area contributed by atoms with Crippen molar-refractivity contribution in [3.8, 4) is 5.75 Å². The highest BCUT2D eigenvalue weighted by Crippen LogP contribution is 2.23. The van der Waals surface area contributed by atoms with E-state index in [-0.39, 0.29) is 31.4 Å². The lowest BCUT2D eigenvalue weighted by Crippen LogP contribution is -2.33. The summed E-state index contributed by atoms with van der Waals surface area (Å²) >= 11 is 5.90. The van der Waals surface area contributed by atoms with Crippen LogP contribution in [0.3, 0.4) is 0 Å². The van der Waals surface area contributed by atoms with E-state index in [2.05, 4.69) is 0 Å². The number of carbonyl (C=O) groups excluding carboxylic acids is 3. The molecule has 0 aromatic heterocycles. The number of benzene rings is 2. The molecule has 2 amide bonds. The van der Waals surface area contributed by atoms with E-state index in [1.54, 1.807) is 36.4 Å². The average Bonchev–Trinajstić information content (AvgIpc) is 2.92. The van der Waals surface area contributed by atoms with Gasteiger partial charge in [0.1, 0.15) is 12.4 Å². The Bertz CT molecular complexity index is 876. The molecule has 0 bridgehead atoms. The summed E-state index contributed by atoms with van der Waals surface area (Å²) in [7, 11) is 0. The third kappa shape index (κ3) is 4.51. The first-order valence-electron chi connectivity index (χ1n) is 8.97. The second-order valence-electron chi connectivity index (χ2n) is 6.39. The van der Waals surface area contributed by atoms with Crippen LogP contribution in [0.1, 0.15) is 39.1 Å². The van der Waals surface area contributed by atoms with Crippen molar-refractivity contribution >= 4 is 29.4 Å². The molecule has 0 saturated heterocycles. The van der Waals surface area contributed by atoms with E-state index in [0.717, 1.165) is 16.2 Å². The molecule has 6 nitrogen and oxygen atoms in total. The Morgan fingerprint density at radius 2 is 1.71 bits per heavy atom. The minimum atomic E-state index is -0.395. The number of carbonyl (C=O) groups is 3. The number of halogens is 1. The van der Waals surface area contributed by atoms with Crippen LogP contribution in [0.2, 0.25) is 5.02 Å². The van der Waals surface area contributed by atoms with Gasteiger partial charge in [-0.05, 0) is 49.2 Å². The van der Waals surface area contributed by atoms with Gasteiger partial charge in [-0.3, -0.25) is 19.3 Å². The highest BCUT2D eigenvalue weighted by Gasteiger charge is 2.34. The molecule has 0 saturated carbocycles. The second-order valence-corrected chi connectivity index (χ2v) is 6.83. The number of ether oxygens (including phenoxy) is 2. The summed E-state index contributed by atoms with van der Waals surface area (Å²) in [6.45, 7) is 2.28. The van der Waals surface area contributed by atoms with E-state index in [0.29, 0.717) is 29.2 Å². The maximum Gasteiger partial charge on any atom is 0.305 e. The highest BCUT2D eigenvalue weighted by molar-refractivity contribution is 6.30. The van der Waals surface area contributed by atoms with Gasteiger partial charge in [0.2, 0.25) is 0 Å². The van der Waals surface area contributed by atoms with Crippen LogP contribution in [0.4, 0.5) is 0 Å². The summed E-state index contributed by atoms with van der Waals surface area (Å²) in [6, 6.07) is 12.0. The molecule has 146 valence electrons. The molecule has 7 heteroatoms. The Kier molecular flexibility index (Phi) is 6.31. The molecular weight excluding hydrogens is 382 g/mol. The molecule has 0 unspecified atom stereocenters. The van der Waals surface area contributed by atoms with Gasteiger partial charge < -0.3 is 9.47 Å². The van der Waals surface area contributed by atoms with Gasteiger partial charge in [0.25, 0.3) is 11.8 Å². The Labute approximate surface area is 168 Å². The first-order chi connectivity index (χ1) is 13.5. The van der Waals surface area contributed by atoms with E-state index in [4.69, 9.17) is 21.1 Å². The molecule has 1 aliphatic heterocycles. The molecule has 0 aliphatic carbocycles. The van der Waals surface area contributed by atoms with Crippen molar-refractivity contribution < 1.29 is 23.9 Å². The topological polar surface area (TPSA) is 72.9 Å². The van der Waals surface area contributed by atoms with Crippen molar-refractivity contribution in [1.29, 1.82) is 0 Å². The van der Waals surface area contributed by atoms with Crippen LogP contribution in [0.5, 0.6) is 5.75 Å². The zero-order valence-electron chi connectivity index (χ0n) is 15.4. The van der Waals surface area contributed by atoms with E-state index in [1.165, 1.54) is 0 Å². The summed E-state index contributed by atoms with van der Waals surface area (Å²) in [5.41, 5.74) is 1.69. The van der Waals surface area contributed by atoms with Crippen LogP contribution in [0.15, 0.2) is 42.5 Å². The van der Waals surface area contributed by atoms with Gasteiger partial charge in [0.05, 0.1) is 24.3 Å². The minimum Gasteiger partial charge on any atom is -0.493 e. The quantitative estimate of drug-likeness (QED) is 0.383. The number of hydrogen-bond acceptors (Lipinski definition) is 5. The van der Waals surface area contributed by atoms with Gasteiger partial charge in [-0.25, -0.2) is 0 Å². The lowest BCUT2D eigenvalue weighted by atomic mass is 10.1. The second kappa shape index (κ2) is 8.89. The van der Waals surface area contributed by atoms with Crippen molar-refractivity contribution in [1.82, 2.24) is 4.90 Å². The normalized spacial score (nSPS) is 12.9. The number of amides is 2. The van der Waals surface area contributed by atoms with E-state index in [9.17, 15) is 14.4 Å². The summed E-state index contributed by atoms with van der Waals surface area (Å²) in [4.78, 5) is 37.4. The van der Waals surface area contributed by atoms with Crippen LogP contribution in [0.25, 0.3) is 0 Å². The number of fused-ring (bicyclic) bond motifs is 1. The Morgan fingerprint density at radius 1 is 1.04 bits per heavy atom. The molecule has 1 heterocycles. The van der Waals surface area contributed by atoms with Crippen LogP contribution in [-0.2, 0) is 9.53 Å². The predicted molar refractivity (Wildman–Crippen MR) is 104 cm³/mol. The van der Waals surface area contributed by atoms with Crippen molar-refractivity contribution in [2.24, 2.45) is 0 Å². The molecule has 3 rings (SSSR count). The van der Waals surface area contributed by atoms with Gasteiger partial charge in [-0.2, -0.15) is 0 Å². The molecule has 1 aliphatic rings. The number of esters is 1. The number of imide groups is 1. The largest absolute Gasteiger partial charge is 0.493 e. The maximum atomic E-state index is 12.2. The van der Waals surface area contributed by atoms with Crippen LogP contribution < -0.4 is 4.74 Å². The molecule has 2 aromatic rings. The molecule has 0 fully saturated rings. The van der Waals surface area contributed by atoms with Crippen LogP contribution >= 0.6 is 11.6 Å². The first kappa shape index (κ1) is 19.9. The monoisotopic (exact) mass is 401 g/mol. The fraction of sp³-hybridized carbons (Fsp3) is 0.286. The van der Waals surface area contributed by atoms with Crippen molar-refractivity contribution in [3.63, 3.8) is 0 Å². The summed E-state index contributed by atoms with van der Waals surface area (Å²) < 4.78 is 10.8. The average molecular weight is 402 g/mol. The van der Waals surface area contributed by atoms with Gasteiger partial charge in [-0.15, -0.1) is 0 Å². The van der Waals surface area contributed by atoms with E-state index < -0.39 is 5.97 Å². The molecule has 0 radical (unpaired) electrons. The van der Waals surface area contributed by atoms with Crippen molar-refractivity contribution in [2.45, 2.75) is 19.8 Å². The third-order valence-corrected chi connectivity index (χ3v) is 4.61. The summed E-state index contributed by atoms with van der Waals surface area (Å²) in [6.07, 6.45) is 0.683. The zero-order valence-corrected chi connectivity index (χ0v) is 16.2. The molecule has 28 heavy (non-hydrogen) atoms. The third-order valence-electron chi connectivity index (χ3n) is 4.38. The zero-order chi connectivity index (χ0) is 20.1. The summed E-state index contributed by atoms with van der Waals surface area (Å²) in [5, 5.41) is 0.645. The van der Waals surface area contributed by atoms with E-state index in [1.807, 2.05) is 13.0 Å². The molecule has 0 N–H and O–H groups in total. The molecule has 2 aromatic carbocycles. The lowest BCUT2D eigenvalue weighted by molar-refractivity contribution is -0.144. The standard InChI is InChI=1S/C21H20ClNO5/c1-14-13-15(22)8-9-18(14)27-11-4-7-19(24)28-12-10-23-20(25)16-5-2-3-6-17(16)21(23)26/h2-3,5-6,8-9,13H,4,7,10-12H2,1H3. The molecular formula is C21H20ClNO5. The number of nitrogens with zero attached hydrogens (tertiary/aromatic N) is 1. The minimum absolute atomic E-state index is 0.0263. The smallest absolute Gasteiger partial charge is 0.305 e. The van der Waals surface area contributed by atoms with Crippen molar-refractivity contribution in [3.05, 3.63) is 64.2 Å². The van der Waals surface area contributed by atoms with Gasteiger partial charge in [0.15, 0.2) is 0 Å². The van der Waals surface area contributed by atoms with Crippen LogP contribution in [0, 0.1) is 6.92 Å². The fourth-order valence-electron chi connectivity index (χ4n) is 2.94. The highest BCUT2D eigenvalue weighted by atomic mass is 35.5. The van der Waals surface area contributed by atoms with Gasteiger partial charge in [-0.1, -0.05) is 23.7 Å². The number of aryl methyl sites for hydroxylation is 1.